The van der Waals surface area contributed by atoms with Gasteiger partial charge in [-0.3, -0.25) is 4.79 Å². The van der Waals surface area contributed by atoms with Crippen molar-refractivity contribution in [3.63, 3.8) is 0 Å². The fourth-order valence-corrected chi connectivity index (χ4v) is 2.54. The molecule has 1 aromatic carbocycles. The number of ether oxygens (including phenoxy) is 1. The average molecular weight is 339 g/mol. The number of H-pyrrole nitrogens is 1. The highest BCUT2D eigenvalue weighted by Crippen LogP contribution is 2.29. The van der Waals surface area contributed by atoms with E-state index >= 15 is 0 Å². The number of esters is 1. The fraction of sp³-hybridized carbons (Fsp3) is 0.294. The minimum atomic E-state index is -4.45. The average Bonchev–Trinajstić information content (AvgIpc) is 2.79. The Kier molecular flexibility index (Phi) is 4.82. The van der Waals surface area contributed by atoms with Crippen LogP contribution in [0.5, 0.6) is 0 Å². The molecule has 0 radical (unpaired) electrons. The van der Waals surface area contributed by atoms with Crippen LogP contribution < -0.4 is 0 Å². The van der Waals surface area contributed by atoms with E-state index in [4.69, 9.17) is 4.74 Å². The highest BCUT2D eigenvalue weighted by molar-refractivity contribution is 6.01. The molecule has 0 saturated carbocycles. The Morgan fingerprint density at radius 1 is 1.21 bits per heavy atom. The third-order valence-electron chi connectivity index (χ3n) is 3.62. The summed E-state index contributed by atoms with van der Waals surface area (Å²) in [6, 6.07) is 4.57. The predicted molar refractivity (Wildman–Crippen MR) is 80.8 cm³/mol. The number of rotatable bonds is 4. The SMILES string of the molecule is CC(=O)c1c(C)[nH]c(C(=O)OCc2cccc(C(F)(F)F)c2)c1C. The van der Waals surface area contributed by atoms with Crippen molar-refractivity contribution >= 4 is 11.8 Å². The van der Waals surface area contributed by atoms with Crippen LogP contribution in [0.4, 0.5) is 13.2 Å². The number of carbonyl (C=O) groups is 2. The second-order valence-corrected chi connectivity index (χ2v) is 5.46. The van der Waals surface area contributed by atoms with Crippen LogP contribution in [0, 0.1) is 13.8 Å². The molecule has 1 heterocycles. The van der Waals surface area contributed by atoms with Crippen molar-refractivity contribution < 1.29 is 27.5 Å². The van der Waals surface area contributed by atoms with Crippen LogP contribution >= 0.6 is 0 Å². The van der Waals surface area contributed by atoms with Crippen LogP contribution in [-0.2, 0) is 17.5 Å². The summed E-state index contributed by atoms with van der Waals surface area (Å²) in [6.45, 7) is 4.37. The molecule has 0 aliphatic rings. The molecule has 0 atom stereocenters. The monoisotopic (exact) mass is 339 g/mol. The van der Waals surface area contributed by atoms with Gasteiger partial charge in [0.15, 0.2) is 5.78 Å². The molecule has 1 N–H and O–H groups in total. The van der Waals surface area contributed by atoms with E-state index in [9.17, 15) is 22.8 Å². The Morgan fingerprint density at radius 2 is 1.88 bits per heavy atom. The van der Waals surface area contributed by atoms with Crippen molar-refractivity contribution in [3.8, 4) is 0 Å². The Morgan fingerprint density at radius 3 is 2.42 bits per heavy atom. The smallest absolute Gasteiger partial charge is 0.416 e. The van der Waals surface area contributed by atoms with Gasteiger partial charge in [0.05, 0.1) is 5.56 Å². The molecule has 0 unspecified atom stereocenters. The molecule has 0 spiro atoms. The summed E-state index contributed by atoms with van der Waals surface area (Å²) < 4.78 is 43.1. The first-order valence-corrected chi connectivity index (χ1v) is 7.14. The normalized spacial score (nSPS) is 11.4. The summed E-state index contributed by atoms with van der Waals surface area (Å²) in [5.74, 6) is -0.904. The zero-order valence-corrected chi connectivity index (χ0v) is 13.4. The van der Waals surface area contributed by atoms with E-state index in [0.29, 0.717) is 16.8 Å². The second kappa shape index (κ2) is 6.51. The van der Waals surface area contributed by atoms with Gasteiger partial charge >= 0.3 is 12.1 Å². The fourth-order valence-electron chi connectivity index (χ4n) is 2.54. The lowest BCUT2D eigenvalue weighted by Crippen LogP contribution is -2.09. The van der Waals surface area contributed by atoms with Gasteiger partial charge in [-0.1, -0.05) is 12.1 Å². The number of Topliss-reactive ketones (excluding diaryl/α,β-unsaturated/α-hetero) is 1. The standard InChI is InChI=1S/C17H16F3NO3/c1-9-14(11(3)22)10(2)21-15(9)16(23)24-8-12-5-4-6-13(7-12)17(18,19)20/h4-7,21H,8H2,1-3H3. The van der Waals surface area contributed by atoms with Crippen molar-refractivity contribution in [2.75, 3.05) is 0 Å². The third-order valence-corrected chi connectivity index (χ3v) is 3.62. The van der Waals surface area contributed by atoms with E-state index in [1.165, 1.54) is 19.1 Å². The maximum absolute atomic E-state index is 12.7. The molecule has 128 valence electrons. The van der Waals surface area contributed by atoms with Crippen molar-refractivity contribution in [1.82, 2.24) is 4.98 Å². The van der Waals surface area contributed by atoms with E-state index in [1.54, 1.807) is 13.8 Å². The molecule has 24 heavy (non-hydrogen) atoms. The van der Waals surface area contributed by atoms with E-state index in [1.807, 2.05) is 0 Å². The predicted octanol–water partition coefficient (Wildman–Crippen LogP) is 4.21. The first kappa shape index (κ1) is 17.8. The Bertz CT molecular complexity index is 791. The summed E-state index contributed by atoms with van der Waals surface area (Å²) in [5, 5.41) is 0. The van der Waals surface area contributed by atoms with E-state index in [0.717, 1.165) is 12.1 Å². The quantitative estimate of drug-likeness (QED) is 0.670. The van der Waals surface area contributed by atoms with E-state index in [2.05, 4.69) is 4.98 Å². The topological polar surface area (TPSA) is 59.2 Å². The molecule has 4 nitrogen and oxygen atoms in total. The van der Waals surface area contributed by atoms with Crippen LogP contribution in [0.1, 0.15) is 50.2 Å². The molecule has 0 aliphatic carbocycles. The van der Waals surface area contributed by atoms with Crippen molar-refractivity contribution in [3.05, 3.63) is 57.9 Å². The molecule has 2 aromatic rings. The molecule has 0 aliphatic heterocycles. The van der Waals surface area contributed by atoms with Gasteiger partial charge in [0.1, 0.15) is 12.3 Å². The number of aromatic amines is 1. The minimum Gasteiger partial charge on any atom is -0.456 e. The highest BCUT2D eigenvalue weighted by atomic mass is 19.4. The van der Waals surface area contributed by atoms with E-state index in [-0.39, 0.29) is 23.6 Å². The van der Waals surface area contributed by atoms with Gasteiger partial charge in [-0.25, -0.2) is 4.79 Å². The Hall–Kier alpha value is -2.57. The number of nitrogens with one attached hydrogen (secondary N) is 1. The molecule has 0 fully saturated rings. The number of hydrogen-bond donors (Lipinski definition) is 1. The summed E-state index contributed by atoms with van der Waals surface area (Å²) in [6.07, 6.45) is -4.45. The molecule has 2 rings (SSSR count). The van der Waals surface area contributed by atoms with Gasteiger partial charge in [0.25, 0.3) is 0 Å². The second-order valence-electron chi connectivity index (χ2n) is 5.46. The third kappa shape index (κ3) is 3.67. The van der Waals surface area contributed by atoms with Crippen LogP contribution in [0.15, 0.2) is 24.3 Å². The van der Waals surface area contributed by atoms with Crippen LogP contribution in [0.25, 0.3) is 0 Å². The maximum atomic E-state index is 12.7. The van der Waals surface area contributed by atoms with Gasteiger partial charge in [-0.05, 0) is 44.0 Å². The Balaban J connectivity index is 2.15. The lowest BCUT2D eigenvalue weighted by atomic mass is 10.1. The number of alkyl halides is 3. The molecular formula is C17H16F3NO3. The Labute approximate surface area is 136 Å². The maximum Gasteiger partial charge on any atom is 0.416 e. The highest BCUT2D eigenvalue weighted by Gasteiger charge is 2.30. The largest absolute Gasteiger partial charge is 0.456 e. The summed E-state index contributed by atoms with van der Waals surface area (Å²) in [4.78, 5) is 26.5. The first-order chi connectivity index (χ1) is 11.1. The zero-order chi connectivity index (χ0) is 18.1. The molecule has 0 saturated heterocycles. The number of halogens is 3. The number of ketones is 1. The van der Waals surface area contributed by atoms with Crippen molar-refractivity contribution in [2.24, 2.45) is 0 Å². The minimum absolute atomic E-state index is 0.129. The molecule has 7 heteroatoms. The molecule has 1 aromatic heterocycles. The molecular weight excluding hydrogens is 323 g/mol. The molecule has 0 amide bonds. The van der Waals surface area contributed by atoms with E-state index < -0.39 is 17.7 Å². The van der Waals surface area contributed by atoms with Crippen LogP contribution in [0.3, 0.4) is 0 Å². The lowest BCUT2D eigenvalue weighted by Gasteiger charge is -2.09. The number of benzene rings is 1. The summed E-state index contributed by atoms with van der Waals surface area (Å²) >= 11 is 0. The summed E-state index contributed by atoms with van der Waals surface area (Å²) in [7, 11) is 0. The van der Waals surface area contributed by atoms with Gasteiger partial charge in [0, 0.05) is 11.3 Å². The van der Waals surface area contributed by atoms with Gasteiger partial charge in [-0.15, -0.1) is 0 Å². The number of hydrogen-bond acceptors (Lipinski definition) is 3. The number of carbonyl (C=O) groups excluding carboxylic acids is 2. The number of aryl methyl sites for hydroxylation is 1. The zero-order valence-electron chi connectivity index (χ0n) is 13.4. The number of aromatic nitrogens is 1. The van der Waals surface area contributed by atoms with Crippen LogP contribution in [-0.4, -0.2) is 16.7 Å². The first-order valence-electron chi connectivity index (χ1n) is 7.14. The van der Waals surface area contributed by atoms with Gasteiger partial charge in [-0.2, -0.15) is 13.2 Å². The van der Waals surface area contributed by atoms with Crippen molar-refractivity contribution in [1.29, 1.82) is 0 Å². The van der Waals surface area contributed by atoms with Crippen molar-refractivity contribution in [2.45, 2.75) is 33.6 Å². The van der Waals surface area contributed by atoms with Gasteiger partial charge < -0.3 is 9.72 Å². The van der Waals surface area contributed by atoms with Gasteiger partial charge in [0.2, 0.25) is 0 Å². The lowest BCUT2D eigenvalue weighted by molar-refractivity contribution is -0.137. The summed E-state index contributed by atoms with van der Waals surface area (Å²) in [5.41, 5.74) is 0.985. The van der Waals surface area contributed by atoms with Crippen LogP contribution in [0.2, 0.25) is 0 Å². The molecule has 0 bridgehead atoms.